The van der Waals surface area contributed by atoms with Crippen molar-refractivity contribution in [3.8, 4) is 0 Å². The molecule has 0 saturated carbocycles. The van der Waals surface area contributed by atoms with Gasteiger partial charge in [0.25, 0.3) is 0 Å². The average molecular weight is 319 g/mol. The fourth-order valence-corrected chi connectivity index (χ4v) is 3.22. The fraction of sp³-hybridized carbons (Fsp3) is 0.583. The molecule has 0 aliphatic rings. The summed E-state index contributed by atoms with van der Waals surface area (Å²) >= 11 is 5.10. The zero-order valence-corrected chi connectivity index (χ0v) is 12.9. The van der Waals surface area contributed by atoms with Crippen molar-refractivity contribution >= 4 is 33.2 Å². The van der Waals surface area contributed by atoms with Crippen molar-refractivity contribution in [1.82, 2.24) is 10.2 Å². The van der Waals surface area contributed by atoms with Crippen LogP contribution in [0.25, 0.3) is 0 Å². The van der Waals surface area contributed by atoms with E-state index in [4.69, 9.17) is 0 Å². The molecule has 0 spiro atoms. The zero-order chi connectivity index (χ0) is 12.8. The summed E-state index contributed by atoms with van der Waals surface area (Å²) in [4.78, 5) is 15.2. The summed E-state index contributed by atoms with van der Waals surface area (Å²) in [5.74, 6) is 0.291. The van der Waals surface area contributed by atoms with Gasteiger partial charge in [-0.25, -0.2) is 0 Å². The van der Waals surface area contributed by atoms with Crippen molar-refractivity contribution in [3.05, 3.63) is 20.8 Å². The molecule has 0 bridgehead atoms. The van der Waals surface area contributed by atoms with E-state index in [-0.39, 0.29) is 11.8 Å². The third-order valence-electron chi connectivity index (χ3n) is 2.68. The van der Waals surface area contributed by atoms with Crippen molar-refractivity contribution in [2.24, 2.45) is 5.92 Å². The van der Waals surface area contributed by atoms with Gasteiger partial charge in [-0.05, 0) is 35.5 Å². The Kier molecular flexibility index (Phi) is 6.16. The summed E-state index contributed by atoms with van der Waals surface area (Å²) in [6.07, 6.45) is 0.873. The predicted octanol–water partition coefficient (Wildman–Crippen LogP) is 2.71. The molecule has 1 atom stereocenters. The van der Waals surface area contributed by atoms with Gasteiger partial charge < -0.3 is 10.2 Å². The highest BCUT2D eigenvalue weighted by atomic mass is 79.9. The van der Waals surface area contributed by atoms with E-state index in [1.165, 1.54) is 4.88 Å². The van der Waals surface area contributed by atoms with Gasteiger partial charge in [0.1, 0.15) is 0 Å². The van der Waals surface area contributed by atoms with Gasteiger partial charge in [0.2, 0.25) is 5.91 Å². The minimum Gasteiger partial charge on any atom is -0.340 e. The van der Waals surface area contributed by atoms with Crippen LogP contribution in [0, 0.1) is 5.92 Å². The molecule has 0 fully saturated rings. The third kappa shape index (κ3) is 4.41. The summed E-state index contributed by atoms with van der Waals surface area (Å²) in [6, 6.07) is 2.06. The van der Waals surface area contributed by atoms with E-state index < -0.39 is 0 Å². The van der Waals surface area contributed by atoms with Crippen LogP contribution < -0.4 is 5.32 Å². The Labute approximate surface area is 115 Å². The number of thiophene rings is 1. The van der Waals surface area contributed by atoms with Crippen LogP contribution in [0.15, 0.2) is 15.9 Å². The van der Waals surface area contributed by atoms with Crippen molar-refractivity contribution in [2.45, 2.75) is 19.9 Å². The van der Waals surface area contributed by atoms with Crippen LogP contribution in [0.2, 0.25) is 0 Å². The molecule has 5 heteroatoms. The first-order valence-corrected chi connectivity index (χ1v) is 7.38. The fourth-order valence-electron chi connectivity index (χ4n) is 1.71. The highest BCUT2D eigenvalue weighted by Crippen LogP contribution is 2.21. The number of carbonyl (C=O) groups excluding carboxylic acids is 1. The third-order valence-corrected chi connectivity index (χ3v) is 4.37. The van der Waals surface area contributed by atoms with Gasteiger partial charge in [-0.3, -0.25) is 4.79 Å². The number of carbonyl (C=O) groups is 1. The van der Waals surface area contributed by atoms with Gasteiger partial charge in [-0.2, -0.15) is 0 Å². The van der Waals surface area contributed by atoms with Gasteiger partial charge in [-0.1, -0.05) is 6.92 Å². The van der Waals surface area contributed by atoms with Crippen molar-refractivity contribution in [1.29, 1.82) is 0 Å². The van der Waals surface area contributed by atoms with Crippen LogP contribution in [0.4, 0.5) is 0 Å². The van der Waals surface area contributed by atoms with E-state index in [1.54, 1.807) is 11.3 Å². The Morgan fingerprint density at radius 1 is 1.65 bits per heavy atom. The number of hydrogen-bond acceptors (Lipinski definition) is 3. The van der Waals surface area contributed by atoms with Crippen molar-refractivity contribution < 1.29 is 4.79 Å². The molecule has 0 saturated heterocycles. The molecule has 0 radical (unpaired) electrons. The molecule has 1 unspecified atom stereocenters. The Balaban J connectivity index is 2.56. The smallest absolute Gasteiger partial charge is 0.227 e. The molecule has 96 valence electrons. The number of nitrogens with zero attached hydrogens (tertiary/aromatic N) is 1. The normalized spacial score (nSPS) is 12.5. The highest BCUT2D eigenvalue weighted by molar-refractivity contribution is 9.10. The molecule has 0 aliphatic heterocycles. The summed E-state index contributed by atoms with van der Waals surface area (Å²) in [5.41, 5.74) is 0. The first kappa shape index (κ1) is 14.7. The maximum absolute atomic E-state index is 12.2. The Bertz CT molecular complexity index is 367. The zero-order valence-electron chi connectivity index (χ0n) is 10.5. The molecule has 1 aromatic heterocycles. The maximum Gasteiger partial charge on any atom is 0.227 e. The lowest BCUT2D eigenvalue weighted by Gasteiger charge is -2.22. The Hall–Kier alpha value is -0.390. The number of nitrogens with one attached hydrogen (secondary N) is 1. The Morgan fingerprint density at radius 2 is 2.35 bits per heavy atom. The molecule has 0 aliphatic carbocycles. The minimum absolute atomic E-state index is 0.0772. The topological polar surface area (TPSA) is 32.3 Å². The van der Waals surface area contributed by atoms with E-state index in [0.717, 1.165) is 17.4 Å². The summed E-state index contributed by atoms with van der Waals surface area (Å²) in [6.45, 7) is 3.48. The molecule has 3 nitrogen and oxygen atoms in total. The van der Waals surface area contributed by atoms with Crippen LogP contribution in [-0.4, -0.2) is 31.4 Å². The second-order valence-corrected chi connectivity index (χ2v) is 6.00. The standard InChI is InChI=1S/C12H19BrN2OS/c1-4-9(6-14-2)12(16)15(3)7-11-5-10(13)8-17-11/h5,8-9,14H,4,6-7H2,1-3H3. The molecule has 1 N–H and O–H groups in total. The molecule has 0 aromatic carbocycles. The maximum atomic E-state index is 12.2. The minimum atomic E-state index is 0.0772. The van der Waals surface area contributed by atoms with Gasteiger partial charge >= 0.3 is 0 Å². The Morgan fingerprint density at radius 3 is 2.82 bits per heavy atom. The molecule has 1 aromatic rings. The lowest BCUT2D eigenvalue weighted by Crippen LogP contribution is -2.36. The summed E-state index contributed by atoms with van der Waals surface area (Å²) in [7, 11) is 3.75. The van der Waals surface area contributed by atoms with E-state index >= 15 is 0 Å². The quantitative estimate of drug-likeness (QED) is 0.874. The van der Waals surface area contributed by atoms with Crippen LogP contribution in [0.5, 0.6) is 0 Å². The van der Waals surface area contributed by atoms with Crippen molar-refractivity contribution in [2.75, 3.05) is 20.6 Å². The van der Waals surface area contributed by atoms with Gasteiger partial charge in [0.15, 0.2) is 0 Å². The van der Waals surface area contributed by atoms with Crippen LogP contribution >= 0.6 is 27.3 Å². The molecule has 1 heterocycles. The lowest BCUT2D eigenvalue weighted by atomic mass is 10.1. The number of rotatable bonds is 6. The van der Waals surface area contributed by atoms with E-state index in [2.05, 4.69) is 34.2 Å². The van der Waals surface area contributed by atoms with Gasteiger partial charge in [0.05, 0.1) is 12.5 Å². The van der Waals surface area contributed by atoms with Crippen LogP contribution in [-0.2, 0) is 11.3 Å². The molecule has 1 amide bonds. The average Bonchev–Trinajstić information content (AvgIpc) is 2.70. The molecule has 17 heavy (non-hydrogen) atoms. The molecule has 1 rings (SSSR count). The monoisotopic (exact) mass is 318 g/mol. The first-order valence-electron chi connectivity index (χ1n) is 5.71. The van der Waals surface area contributed by atoms with Gasteiger partial charge in [0, 0.05) is 28.3 Å². The van der Waals surface area contributed by atoms with E-state index in [0.29, 0.717) is 6.54 Å². The van der Waals surface area contributed by atoms with E-state index in [9.17, 15) is 4.79 Å². The molecular weight excluding hydrogens is 300 g/mol. The van der Waals surface area contributed by atoms with Crippen LogP contribution in [0.1, 0.15) is 18.2 Å². The summed E-state index contributed by atoms with van der Waals surface area (Å²) in [5, 5.41) is 5.11. The van der Waals surface area contributed by atoms with Crippen LogP contribution in [0.3, 0.4) is 0 Å². The largest absolute Gasteiger partial charge is 0.340 e. The SMILES string of the molecule is CCC(CNC)C(=O)N(C)Cc1cc(Br)cs1. The van der Waals surface area contributed by atoms with E-state index in [1.807, 2.05) is 24.4 Å². The first-order chi connectivity index (χ1) is 8.08. The van der Waals surface area contributed by atoms with Crippen molar-refractivity contribution in [3.63, 3.8) is 0 Å². The summed E-state index contributed by atoms with van der Waals surface area (Å²) < 4.78 is 1.08. The van der Waals surface area contributed by atoms with Gasteiger partial charge in [-0.15, -0.1) is 11.3 Å². The second-order valence-electron chi connectivity index (χ2n) is 4.09. The second kappa shape index (κ2) is 7.13. The number of halogens is 1. The molecular formula is C12H19BrN2OS. The highest BCUT2D eigenvalue weighted by Gasteiger charge is 2.19. The lowest BCUT2D eigenvalue weighted by molar-refractivity contribution is -0.134. The predicted molar refractivity (Wildman–Crippen MR) is 76.2 cm³/mol. The number of amides is 1. The number of hydrogen-bond donors (Lipinski definition) is 1.